The van der Waals surface area contributed by atoms with E-state index >= 15 is 0 Å². The Morgan fingerprint density at radius 1 is 1.29 bits per heavy atom. The number of rotatable bonds is 14. The molecule has 0 saturated carbocycles. The van der Waals surface area contributed by atoms with Crippen LogP contribution in [0.3, 0.4) is 0 Å². The number of unbranched alkanes of at least 4 members (excludes halogenated alkanes) is 2. The minimum absolute atomic E-state index is 0.0732. The first-order chi connectivity index (χ1) is 19.6. The first kappa shape index (κ1) is 32.1. The van der Waals surface area contributed by atoms with E-state index < -0.39 is 34.6 Å². The number of alkyl halides is 1. The summed E-state index contributed by atoms with van der Waals surface area (Å²) in [5.74, 6) is -2.18. The number of hydrogen-bond acceptors (Lipinski definition) is 6. The molecule has 3 unspecified atom stereocenters. The number of thioether (sulfide) groups is 1. The number of allylic oxidation sites excluding steroid dienone is 1. The number of aliphatic hydroxyl groups excluding tert-OH is 1. The molecule has 3 fully saturated rings. The number of aliphatic hydroxyl groups is 1. The summed E-state index contributed by atoms with van der Waals surface area (Å²) < 4.78 is 4.87. The quantitative estimate of drug-likeness (QED) is 0.120. The molecule has 3 heterocycles. The van der Waals surface area contributed by atoms with Crippen LogP contribution in [-0.2, 0) is 19.1 Å². The molecule has 7 nitrogen and oxygen atoms in total. The van der Waals surface area contributed by atoms with Crippen molar-refractivity contribution >= 4 is 62.8 Å². The van der Waals surface area contributed by atoms with E-state index in [1.807, 2.05) is 26.0 Å². The molecule has 1 aromatic rings. The lowest BCUT2D eigenvalue weighted by atomic mass is 9.71. The van der Waals surface area contributed by atoms with E-state index in [2.05, 4.69) is 29.1 Å². The number of para-hydroxylation sites is 1. The van der Waals surface area contributed by atoms with Crippen LogP contribution in [-0.4, -0.2) is 74.5 Å². The molecular weight excluding hydrogens is 628 g/mol. The Bertz CT molecular complexity index is 1170. The van der Waals surface area contributed by atoms with Crippen molar-refractivity contribution in [2.45, 2.75) is 72.9 Å². The normalized spacial score (nSPS) is 29.0. The second kappa shape index (κ2) is 13.7. The van der Waals surface area contributed by atoms with Crippen LogP contribution in [0.15, 0.2) is 49.6 Å². The maximum absolute atomic E-state index is 14.7. The summed E-state index contributed by atoms with van der Waals surface area (Å²) in [6, 6.07) is 5.63. The molecule has 3 aliphatic rings. The number of anilines is 1. The average Bonchev–Trinajstić information content (AvgIpc) is 3.53. The number of ether oxygens (including phenoxy) is 1. The van der Waals surface area contributed by atoms with E-state index in [-0.39, 0.29) is 47.6 Å². The van der Waals surface area contributed by atoms with E-state index in [1.165, 1.54) is 0 Å². The van der Waals surface area contributed by atoms with E-state index in [4.69, 9.17) is 16.3 Å². The van der Waals surface area contributed by atoms with Gasteiger partial charge in [-0.15, -0.1) is 24.9 Å². The van der Waals surface area contributed by atoms with Gasteiger partial charge in [-0.1, -0.05) is 65.7 Å². The summed E-state index contributed by atoms with van der Waals surface area (Å²) in [6.07, 6.45) is 6.96. The third kappa shape index (κ3) is 6.01. The van der Waals surface area contributed by atoms with E-state index in [0.717, 1.165) is 12.8 Å². The van der Waals surface area contributed by atoms with Crippen molar-refractivity contribution in [2.24, 2.45) is 17.8 Å². The minimum atomic E-state index is -0.896. The van der Waals surface area contributed by atoms with E-state index in [9.17, 15) is 19.5 Å². The van der Waals surface area contributed by atoms with Gasteiger partial charge in [-0.3, -0.25) is 14.4 Å². The zero-order chi connectivity index (χ0) is 29.9. The molecule has 224 valence electrons. The van der Waals surface area contributed by atoms with Gasteiger partial charge in [0.2, 0.25) is 5.91 Å². The molecular formula is C31H40BrClN2O5S. The van der Waals surface area contributed by atoms with Crippen LogP contribution >= 0.6 is 39.3 Å². The number of amides is 2. The summed E-state index contributed by atoms with van der Waals surface area (Å²) in [5, 5.41) is 10.7. The van der Waals surface area contributed by atoms with Gasteiger partial charge in [-0.2, -0.15) is 0 Å². The average molecular weight is 668 g/mol. The Hall–Kier alpha value is -1.81. The predicted molar refractivity (Wildman–Crippen MR) is 168 cm³/mol. The molecule has 10 heteroatoms. The summed E-state index contributed by atoms with van der Waals surface area (Å²) >= 11 is 11.9. The highest BCUT2D eigenvalue weighted by molar-refractivity contribution is 9.09. The second-order valence-electron chi connectivity index (χ2n) is 11.5. The number of hydrogen-bond donors (Lipinski definition) is 1. The molecule has 1 N–H and O–H groups in total. The standard InChI is InChI=1S/C31H40BrClN2O5S/c1-5-7-8-11-15-40-30(39)24-25-28(37)35(20(18-36)16-19(3)4)27(31(25)17-21(32)26(24)41-31)29(38)34(14-6-2)23-13-10-9-12-22(23)33/h5-6,9-10,12-13,19-21,24-27,36H,1-2,7-8,11,14-18H2,3-4H3/t20-,21?,24-,25+,26-,27?,31?/m1/s1. The highest BCUT2D eigenvalue weighted by atomic mass is 79.9. The monoisotopic (exact) mass is 666 g/mol. The van der Waals surface area contributed by atoms with Crippen LogP contribution < -0.4 is 4.90 Å². The Labute approximate surface area is 260 Å². The van der Waals surface area contributed by atoms with Gasteiger partial charge in [0.15, 0.2) is 0 Å². The van der Waals surface area contributed by atoms with Crippen molar-refractivity contribution in [1.82, 2.24) is 4.90 Å². The largest absolute Gasteiger partial charge is 0.465 e. The van der Waals surface area contributed by atoms with Crippen molar-refractivity contribution in [3.63, 3.8) is 0 Å². The smallest absolute Gasteiger partial charge is 0.310 e. The summed E-state index contributed by atoms with van der Waals surface area (Å²) in [5.41, 5.74) is 0.527. The van der Waals surface area contributed by atoms with Crippen molar-refractivity contribution in [3.8, 4) is 0 Å². The Morgan fingerprint density at radius 3 is 2.66 bits per heavy atom. The number of halogens is 2. The molecule has 0 aliphatic carbocycles. The second-order valence-corrected chi connectivity index (χ2v) is 14.6. The highest BCUT2D eigenvalue weighted by Crippen LogP contribution is 2.68. The SMILES string of the molecule is C=CCCCCOC(=O)[C@H]1[C@@H]2SC3(CC2Br)C(C(=O)N(CC=C)c2ccccc2Cl)N([C@@H](CO)CC(C)C)C(=O)[C@H]13. The third-order valence-electron chi connectivity index (χ3n) is 8.35. The van der Waals surface area contributed by atoms with Crippen molar-refractivity contribution in [2.75, 3.05) is 24.7 Å². The number of benzene rings is 1. The van der Waals surface area contributed by atoms with Crippen molar-refractivity contribution < 1.29 is 24.2 Å². The van der Waals surface area contributed by atoms with Gasteiger partial charge >= 0.3 is 5.97 Å². The Kier molecular flexibility index (Phi) is 10.7. The number of esters is 1. The molecule has 2 amide bonds. The van der Waals surface area contributed by atoms with Crippen LogP contribution in [0, 0.1) is 17.8 Å². The molecule has 3 aliphatic heterocycles. The first-order valence-electron chi connectivity index (χ1n) is 14.3. The molecule has 4 rings (SSSR count). The summed E-state index contributed by atoms with van der Waals surface area (Å²) in [6.45, 7) is 11.8. The zero-order valence-electron chi connectivity index (χ0n) is 23.7. The minimum Gasteiger partial charge on any atom is -0.465 e. The molecule has 1 aromatic carbocycles. The number of carbonyl (C=O) groups excluding carboxylic acids is 3. The van der Waals surface area contributed by atoms with Crippen LogP contribution in [0.4, 0.5) is 5.69 Å². The van der Waals surface area contributed by atoms with Gasteiger partial charge in [0, 0.05) is 16.6 Å². The Balaban J connectivity index is 1.76. The van der Waals surface area contributed by atoms with Gasteiger partial charge < -0.3 is 19.6 Å². The van der Waals surface area contributed by atoms with Crippen LogP contribution in [0.2, 0.25) is 5.02 Å². The van der Waals surface area contributed by atoms with Gasteiger partial charge in [0.25, 0.3) is 5.91 Å². The maximum Gasteiger partial charge on any atom is 0.310 e. The fourth-order valence-corrected chi connectivity index (χ4v) is 10.6. The lowest BCUT2D eigenvalue weighted by Gasteiger charge is -2.40. The Morgan fingerprint density at radius 2 is 2.02 bits per heavy atom. The molecule has 0 aromatic heterocycles. The molecule has 1 spiro atoms. The molecule has 7 atom stereocenters. The van der Waals surface area contributed by atoms with Crippen LogP contribution in [0.25, 0.3) is 0 Å². The van der Waals surface area contributed by atoms with Crippen LogP contribution in [0.1, 0.15) is 46.0 Å². The number of likely N-dealkylation sites (tertiary alicyclic amines) is 1. The zero-order valence-corrected chi connectivity index (χ0v) is 26.9. The topological polar surface area (TPSA) is 87.2 Å². The van der Waals surface area contributed by atoms with E-state index in [1.54, 1.807) is 45.8 Å². The number of fused-ring (bicyclic) bond motifs is 1. The van der Waals surface area contributed by atoms with Crippen molar-refractivity contribution in [1.29, 1.82) is 0 Å². The summed E-state index contributed by atoms with van der Waals surface area (Å²) in [4.78, 5) is 45.8. The predicted octanol–water partition coefficient (Wildman–Crippen LogP) is 5.63. The van der Waals surface area contributed by atoms with Gasteiger partial charge in [0.05, 0.1) is 46.5 Å². The summed E-state index contributed by atoms with van der Waals surface area (Å²) in [7, 11) is 0. The van der Waals surface area contributed by atoms with E-state index in [0.29, 0.717) is 30.0 Å². The maximum atomic E-state index is 14.7. The highest BCUT2D eigenvalue weighted by Gasteiger charge is 2.76. The van der Waals surface area contributed by atoms with Gasteiger partial charge in [-0.05, 0) is 50.2 Å². The molecule has 0 radical (unpaired) electrons. The fraction of sp³-hybridized carbons (Fsp3) is 0.581. The molecule has 3 saturated heterocycles. The fourth-order valence-electron chi connectivity index (χ4n) is 6.74. The van der Waals surface area contributed by atoms with Crippen LogP contribution in [0.5, 0.6) is 0 Å². The lowest BCUT2D eigenvalue weighted by Crippen LogP contribution is -2.58. The van der Waals surface area contributed by atoms with Crippen molar-refractivity contribution in [3.05, 3.63) is 54.6 Å². The molecule has 2 bridgehead atoms. The van der Waals surface area contributed by atoms with Gasteiger partial charge in [-0.25, -0.2) is 0 Å². The lowest BCUT2D eigenvalue weighted by molar-refractivity contribution is -0.154. The third-order valence-corrected chi connectivity index (χ3v) is 11.9. The van der Waals surface area contributed by atoms with Gasteiger partial charge in [0.1, 0.15) is 6.04 Å². The number of carbonyl (C=O) groups is 3. The molecule has 41 heavy (non-hydrogen) atoms. The number of nitrogens with zero attached hydrogens (tertiary/aromatic N) is 2. The first-order valence-corrected chi connectivity index (χ1v) is 16.5.